The van der Waals surface area contributed by atoms with Crippen LogP contribution in [0.4, 0.5) is 10.1 Å². The maximum Gasteiger partial charge on any atom is 0.497 e. The van der Waals surface area contributed by atoms with Gasteiger partial charge in [0.15, 0.2) is 0 Å². The number of hydrogen-bond acceptors (Lipinski definition) is 4. The highest BCUT2D eigenvalue weighted by molar-refractivity contribution is 7.93. The van der Waals surface area contributed by atoms with Gasteiger partial charge in [0.2, 0.25) is 10.0 Å². The zero-order valence-corrected chi connectivity index (χ0v) is 15.1. The van der Waals surface area contributed by atoms with Crippen molar-refractivity contribution >= 4 is 28.3 Å². The lowest BCUT2D eigenvalue weighted by atomic mass is 9.78. The second-order valence-corrected chi connectivity index (χ2v) is 9.26. The van der Waals surface area contributed by atoms with Crippen molar-refractivity contribution in [3.8, 4) is 0 Å². The van der Waals surface area contributed by atoms with E-state index >= 15 is 0 Å². The summed E-state index contributed by atoms with van der Waals surface area (Å²) in [5.74, 6) is -0.576. The molecule has 8 heteroatoms. The molecular weight excluding hydrogens is 320 g/mol. The number of anilines is 1. The molecule has 0 saturated carbocycles. The van der Waals surface area contributed by atoms with E-state index in [1.165, 1.54) is 12.1 Å². The van der Waals surface area contributed by atoms with Crippen molar-refractivity contribution in [1.82, 2.24) is 0 Å². The van der Waals surface area contributed by atoms with Gasteiger partial charge in [0.05, 0.1) is 22.1 Å². The van der Waals surface area contributed by atoms with Crippen LogP contribution < -0.4 is 10.2 Å². The van der Waals surface area contributed by atoms with Crippen LogP contribution in [0.25, 0.3) is 0 Å². The van der Waals surface area contributed by atoms with Crippen LogP contribution in [-0.2, 0) is 19.3 Å². The van der Waals surface area contributed by atoms with E-state index in [1.807, 2.05) is 27.7 Å². The molecule has 0 unspecified atom stereocenters. The van der Waals surface area contributed by atoms with Gasteiger partial charge in [-0.2, -0.15) is 0 Å². The normalized spacial score (nSPS) is 20.1. The fourth-order valence-electron chi connectivity index (χ4n) is 2.03. The lowest BCUT2D eigenvalue weighted by Gasteiger charge is -2.32. The highest BCUT2D eigenvalue weighted by atomic mass is 32.2. The first-order chi connectivity index (χ1) is 10.4. The maximum absolute atomic E-state index is 14.4. The Morgan fingerprint density at radius 2 is 1.65 bits per heavy atom. The Morgan fingerprint density at radius 1 is 1.13 bits per heavy atom. The van der Waals surface area contributed by atoms with Crippen molar-refractivity contribution in [2.45, 2.75) is 58.0 Å². The quantitative estimate of drug-likeness (QED) is 0.852. The Bertz CT molecular complexity index is 687. The Hall–Kier alpha value is -1.12. The molecule has 1 N–H and O–H groups in total. The van der Waals surface area contributed by atoms with Gasteiger partial charge in [-0.05, 0) is 53.7 Å². The molecule has 5 nitrogen and oxygen atoms in total. The second-order valence-electron chi connectivity index (χ2n) is 7.02. The van der Waals surface area contributed by atoms with Gasteiger partial charge < -0.3 is 9.31 Å². The molecular formula is C15H23BFNO4S. The molecule has 128 valence electrons. The van der Waals surface area contributed by atoms with E-state index < -0.39 is 39.4 Å². The number of nitrogens with one attached hydrogen (secondary N) is 1. The highest BCUT2D eigenvalue weighted by Crippen LogP contribution is 2.36. The molecule has 23 heavy (non-hydrogen) atoms. The summed E-state index contributed by atoms with van der Waals surface area (Å²) in [6.07, 6.45) is 0. The van der Waals surface area contributed by atoms with E-state index in [0.717, 1.165) is 6.07 Å². The number of sulfonamides is 1. The number of benzene rings is 1. The van der Waals surface area contributed by atoms with Crippen LogP contribution in [-0.4, -0.2) is 32.0 Å². The average molecular weight is 343 g/mol. The van der Waals surface area contributed by atoms with Crippen LogP contribution >= 0.6 is 0 Å². The summed E-state index contributed by atoms with van der Waals surface area (Å²) in [5, 5.41) is -0.603. The Balaban J connectivity index is 2.25. The molecule has 1 fully saturated rings. The predicted molar refractivity (Wildman–Crippen MR) is 89.8 cm³/mol. The van der Waals surface area contributed by atoms with Gasteiger partial charge in [-0.3, -0.25) is 4.72 Å². The topological polar surface area (TPSA) is 64.6 Å². The molecule has 0 bridgehead atoms. The summed E-state index contributed by atoms with van der Waals surface area (Å²) in [4.78, 5) is 0. The van der Waals surface area contributed by atoms with Gasteiger partial charge >= 0.3 is 7.12 Å². The molecule has 0 radical (unpaired) electrons. The van der Waals surface area contributed by atoms with E-state index in [2.05, 4.69) is 4.72 Å². The van der Waals surface area contributed by atoms with Crippen molar-refractivity contribution in [2.24, 2.45) is 0 Å². The lowest BCUT2D eigenvalue weighted by molar-refractivity contribution is 0.00578. The van der Waals surface area contributed by atoms with Crippen molar-refractivity contribution in [1.29, 1.82) is 0 Å². The van der Waals surface area contributed by atoms with Crippen LogP contribution in [0.1, 0.15) is 41.5 Å². The van der Waals surface area contributed by atoms with E-state index in [1.54, 1.807) is 13.8 Å². The lowest BCUT2D eigenvalue weighted by Crippen LogP contribution is -2.41. The van der Waals surface area contributed by atoms with Gasteiger partial charge in [0.1, 0.15) is 5.82 Å². The van der Waals surface area contributed by atoms with Crippen molar-refractivity contribution in [3.05, 3.63) is 24.0 Å². The predicted octanol–water partition coefficient (Wildman–Crippen LogP) is 2.27. The standard InChI is InChI=1S/C15H23BFNO4S/c1-10(2)23(19,20)18-11-7-8-12(13(17)9-11)16-21-14(3,4)15(5,6)22-16/h7-10,18H,1-6H3. The van der Waals surface area contributed by atoms with Crippen molar-refractivity contribution < 1.29 is 22.1 Å². The highest BCUT2D eigenvalue weighted by Gasteiger charge is 2.52. The maximum atomic E-state index is 14.4. The Kier molecular flexibility index (Phi) is 4.56. The minimum absolute atomic E-state index is 0.177. The summed E-state index contributed by atoms with van der Waals surface area (Å²) in [7, 11) is -4.34. The van der Waals surface area contributed by atoms with Gasteiger partial charge in [-0.25, -0.2) is 12.8 Å². The first-order valence-electron chi connectivity index (χ1n) is 7.52. The molecule has 0 atom stereocenters. The zero-order valence-electron chi connectivity index (χ0n) is 14.3. The van der Waals surface area contributed by atoms with Gasteiger partial charge in [0.25, 0.3) is 0 Å². The zero-order chi connectivity index (χ0) is 17.6. The summed E-state index contributed by atoms with van der Waals surface area (Å²) in [6.45, 7) is 10.6. The molecule has 1 aliphatic heterocycles. The molecule has 2 rings (SSSR count). The van der Waals surface area contributed by atoms with Crippen molar-refractivity contribution in [3.63, 3.8) is 0 Å². The van der Waals surface area contributed by atoms with Crippen molar-refractivity contribution in [2.75, 3.05) is 4.72 Å². The van der Waals surface area contributed by atoms with E-state index in [9.17, 15) is 12.8 Å². The molecule has 1 aliphatic rings. The molecule has 0 spiro atoms. The average Bonchev–Trinajstić information content (AvgIpc) is 2.57. The molecule has 1 heterocycles. The number of rotatable bonds is 4. The van der Waals surface area contributed by atoms with E-state index in [-0.39, 0.29) is 11.2 Å². The molecule has 1 aromatic rings. The third kappa shape index (κ3) is 3.54. The number of hydrogen-bond donors (Lipinski definition) is 1. The number of halogens is 1. The monoisotopic (exact) mass is 343 g/mol. The van der Waals surface area contributed by atoms with E-state index in [4.69, 9.17) is 9.31 Å². The largest absolute Gasteiger partial charge is 0.497 e. The summed E-state index contributed by atoms with van der Waals surface area (Å²) >= 11 is 0. The van der Waals surface area contributed by atoms with Crippen LogP contribution in [0.15, 0.2) is 18.2 Å². The molecule has 0 aromatic heterocycles. The van der Waals surface area contributed by atoms with Gasteiger partial charge in [-0.1, -0.05) is 6.07 Å². The van der Waals surface area contributed by atoms with Gasteiger partial charge in [0, 0.05) is 5.46 Å². The van der Waals surface area contributed by atoms with E-state index in [0.29, 0.717) is 0 Å². The minimum atomic E-state index is -3.52. The summed E-state index contributed by atoms with van der Waals surface area (Å²) < 4.78 is 52.0. The molecule has 0 amide bonds. The first-order valence-corrected chi connectivity index (χ1v) is 9.07. The third-order valence-electron chi connectivity index (χ3n) is 4.39. The third-order valence-corrected chi connectivity index (χ3v) is 6.15. The van der Waals surface area contributed by atoms with Crippen LogP contribution in [0.3, 0.4) is 0 Å². The molecule has 0 aliphatic carbocycles. The molecule has 1 saturated heterocycles. The van der Waals surface area contributed by atoms with Crippen LogP contribution in [0, 0.1) is 5.82 Å². The first kappa shape index (κ1) is 18.2. The van der Waals surface area contributed by atoms with Crippen LogP contribution in [0.5, 0.6) is 0 Å². The SMILES string of the molecule is CC(C)S(=O)(=O)Nc1ccc(B2OC(C)(C)C(C)(C)O2)c(F)c1. The second kappa shape index (κ2) is 5.75. The Labute approximate surface area is 137 Å². The molecule has 1 aromatic carbocycles. The summed E-state index contributed by atoms with van der Waals surface area (Å²) in [5.41, 5.74) is -0.711. The summed E-state index contributed by atoms with van der Waals surface area (Å²) in [6, 6.07) is 4.12. The smallest absolute Gasteiger partial charge is 0.399 e. The van der Waals surface area contributed by atoms with Gasteiger partial charge in [-0.15, -0.1) is 0 Å². The Morgan fingerprint density at radius 3 is 2.09 bits per heavy atom. The van der Waals surface area contributed by atoms with Crippen LogP contribution in [0.2, 0.25) is 0 Å². The fourth-order valence-corrected chi connectivity index (χ4v) is 2.73. The minimum Gasteiger partial charge on any atom is -0.399 e. The fraction of sp³-hybridized carbons (Fsp3) is 0.600.